The maximum Gasteiger partial charge on any atom is 0.0423 e. The molecule has 1 nitrogen and oxygen atoms in total. The molecule has 0 atom stereocenters. The summed E-state index contributed by atoms with van der Waals surface area (Å²) in [5.41, 5.74) is 11.9. The first-order valence-corrected chi connectivity index (χ1v) is 9.65. The molecule has 1 heteroatoms. The molecule has 1 aliphatic carbocycles. The van der Waals surface area contributed by atoms with E-state index in [-0.39, 0.29) is 0 Å². The second-order valence-electron chi connectivity index (χ2n) is 6.74. The summed E-state index contributed by atoms with van der Waals surface area (Å²) in [6.07, 6.45) is 10.5. The molecular formula is C26H27N. The number of hydrogen-bond donors (Lipinski definition) is 1. The van der Waals surface area contributed by atoms with E-state index >= 15 is 0 Å². The summed E-state index contributed by atoms with van der Waals surface area (Å²) >= 11 is 0. The maximum absolute atomic E-state index is 6.34. The number of nitrogens with two attached hydrogens (primary N) is 1. The molecule has 3 aromatic carbocycles. The van der Waals surface area contributed by atoms with Crippen molar-refractivity contribution >= 4 is 16.5 Å². The van der Waals surface area contributed by atoms with E-state index in [4.69, 9.17) is 5.73 Å². The minimum absolute atomic E-state index is 0.861. The van der Waals surface area contributed by atoms with Crippen molar-refractivity contribution in [1.29, 1.82) is 0 Å². The van der Waals surface area contributed by atoms with Gasteiger partial charge in [-0.1, -0.05) is 111 Å². The molecular weight excluding hydrogens is 326 g/mol. The summed E-state index contributed by atoms with van der Waals surface area (Å²) < 4.78 is 0. The highest BCUT2D eigenvalue weighted by molar-refractivity contribution is 5.96. The number of allylic oxidation sites excluding steroid dienone is 5. The second kappa shape index (κ2) is 9.05. The van der Waals surface area contributed by atoms with Crippen molar-refractivity contribution in [2.45, 2.75) is 26.7 Å². The number of benzene rings is 3. The van der Waals surface area contributed by atoms with Gasteiger partial charge in [0.15, 0.2) is 0 Å². The van der Waals surface area contributed by atoms with Crippen LogP contribution in [0.4, 0.5) is 0 Å². The Morgan fingerprint density at radius 1 is 0.852 bits per heavy atom. The lowest BCUT2D eigenvalue weighted by Crippen LogP contribution is -2.01. The third kappa shape index (κ3) is 4.38. The molecule has 3 aromatic rings. The standard InChI is InChI=1S/C23H19N.C3H8/c24-23(19-8-2-1-3-9-19)20-15-13-18(14-16-20)22-12-6-10-17-7-4-5-11-21(17)22;1-3-2/h1-8,10-16H,9,24H2;3H2,1-2H3/b23-19-;. The number of fused-ring (bicyclic) bond motifs is 1. The molecule has 0 aliphatic heterocycles. The van der Waals surface area contributed by atoms with Crippen LogP contribution in [0.15, 0.2) is 96.6 Å². The molecule has 136 valence electrons. The van der Waals surface area contributed by atoms with Gasteiger partial charge >= 0.3 is 0 Å². The van der Waals surface area contributed by atoms with Crippen molar-refractivity contribution in [3.05, 3.63) is 102 Å². The Morgan fingerprint density at radius 2 is 1.56 bits per heavy atom. The van der Waals surface area contributed by atoms with Crippen LogP contribution in [0.5, 0.6) is 0 Å². The van der Waals surface area contributed by atoms with E-state index in [0.717, 1.165) is 17.7 Å². The van der Waals surface area contributed by atoms with E-state index in [2.05, 4.69) is 98.8 Å². The van der Waals surface area contributed by atoms with Crippen molar-refractivity contribution in [3.8, 4) is 11.1 Å². The van der Waals surface area contributed by atoms with Crippen molar-refractivity contribution in [2.75, 3.05) is 0 Å². The molecule has 0 heterocycles. The molecule has 0 aromatic heterocycles. The Morgan fingerprint density at radius 3 is 2.26 bits per heavy atom. The Bertz CT molecular complexity index is 983. The molecule has 0 radical (unpaired) electrons. The van der Waals surface area contributed by atoms with E-state index in [1.165, 1.54) is 33.9 Å². The molecule has 4 rings (SSSR count). The van der Waals surface area contributed by atoms with E-state index < -0.39 is 0 Å². The fourth-order valence-corrected chi connectivity index (χ4v) is 3.20. The molecule has 0 saturated carbocycles. The van der Waals surface area contributed by atoms with E-state index in [0.29, 0.717) is 0 Å². The zero-order chi connectivity index (χ0) is 19.1. The average molecular weight is 354 g/mol. The van der Waals surface area contributed by atoms with Gasteiger partial charge in [-0.15, -0.1) is 0 Å². The summed E-state index contributed by atoms with van der Waals surface area (Å²) in [5.74, 6) is 0. The Balaban J connectivity index is 0.000000659. The van der Waals surface area contributed by atoms with Crippen LogP contribution in [-0.4, -0.2) is 0 Å². The van der Waals surface area contributed by atoms with Crippen LogP contribution in [0.3, 0.4) is 0 Å². The van der Waals surface area contributed by atoms with Crippen LogP contribution in [0, 0.1) is 0 Å². The molecule has 0 bridgehead atoms. The average Bonchev–Trinajstić information content (AvgIpc) is 2.74. The number of rotatable bonds is 2. The maximum atomic E-state index is 6.34. The molecule has 0 unspecified atom stereocenters. The monoisotopic (exact) mass is 353 g/mol. The van der Waals surface area contributed by atoms with Crippen molar-refractivity contribution in [2.24, 2.45) is 5.73 Å². The highest BCUT2D eigenvalue weighted by Gasteiger charge is 2.06. The largest absolute Gasteiger partial charge is 0.398 e. The van der Waals surface area contributed by atoms with Gasteiger partial charge in [0.25, 0.3) is 0 Å². The molecule has 27 heavy (non-hydrogen) atoms. The van der Waals surface area contributed by atoms with Crippen LogP contribution < -0.4 is 5.73 Å². The van der Waals surface area contributed by atoms with E-state index in [1.54, 1.807) is 0 Å². The predicted molar refractivity (Wildman–Crippen MR) is 119 cm³/mol. The van der Waals surface area contributed by atoms with Gasteiger partial charge in [0.2, 0.25) is 0 Å². The fourth-order valence-electron chi connectivity index (χ4n) is 3.20. The lowest BCUT2D eigenvalue weighted by atomic mass is 9.96. The van der Waals surface area contributed by atoms with E-state index in [9.17, 15) is 0 Å². The first-order chi connectivity index (χ1) is 13.2. The summed E-state index contributed by atoms with van der Waals surface area (Å²) in [6, 6.07) is 23.5. The first-order valence-electron chi connectivity index (χ1n) is 9.65. The third-order valence-electron chi connectivity index (χ3n) is 4.52. The SMILES string of the molecule is CCC.N/C(=C1/C=CC=CC1)c1ccc(-c2cccc3ccccc23)cc1. The van der Waals surface area contributed by atoms with Gasteiger partial charge in [0.05, 0.1) is 0 Å². The quantitative estimate of drug-likeness (QED) is 0.522. The summed E-state index contributed by atoms with van der Waals surface area (Å²) in [7, 11) is 0. The topological polar surface area (TPSA) is 26.0 Å². The van der Waals surface area contributed by atoms with Crippen LogP contribution in [0.1, 0.15) is 32.3 Å². The summed E-state index contributed by atoms with van der Waals surface area (Å²) in [4.78, 5) is 0. The van der Waals surface area contributed by atoms with Gasteiger partial charge in [-0.3, -0.25) is 0 Å². The Labute approximate surface area is 162 Å². The summed E-state index contributed by atoms with van der Waals surface area (Å²) in [5, 5.41) is 2.54. The second-order valence-corrected chi connectivity index (χ2v) is 6.74. The van der Waals surface area contributed by atoms with Crippen LogP contribution in [0.25, 0.3) is 27.6 Å². The van der Waals surface area contributed by atoms with Crippen LogP contribution in [0.2, 0.25) is 0 Å². The van der Waals surface area contributed by atoms with Crippen molar-refractivity contribution in [1.82, 2.24) is 0 Å². The van der Waals surface area contributed by atoms with Crippen molar-refractivity contribution in [3.63, 3.8) is 0 Å². The van der Waals surface area contributed by atoms with Gasteiger partial charge in [-0.25, -0.2) is 0 Å². The zero-order valence-electron chi connectivity index (χ0n) is 16.2. The third-order valence-corrected chi connectivity index (χ3v) is 4.52. The van der Waals surface area contributed by atoms with Crippen molar-refractivity contribution < 1.29 is 0 Å². The van der Waals surface area contributed by atoms with E-state index in [1.807, 2.05) is 6.08 Å². The van der Waals surface area contributed by atoms with Gasteiger partial charge in [-0.2, -0.15) is 0 Å². The molecule has 1 aliphatic rings. The molecule has 0 amide bonds. The highest BCUT2D eigenvalue weighted by atomic mass is 14.6. The molecule has 2 N–H and O–H groups in total. The van der Waals surface area contributed by atoms with Gasteiger partial charge < -0.3 is 5.73 Å². The van der Waals surface area contributed by atoms with Gasteiger partial charge in [0.1, 0.15) is 0 Å². The van der Waals surface area contributed by atoms with Crippen LogP contribution in [-0.2, 0) is 0 Å². The normalized spacial score (nSPS) is 14.6. The zero-order valence-corrected chi connectivity index (χ0v) is 16.2. The molecule has 0 saturated heterocycles. The number of hydrogen-bond acceptors (Lipinski definition) is 1. The van der Waals surface area contributed by atoms with Gasteiger partial charge in [0, 0.05) is 5.70 Å². The fraction of sp³-hybridized carbons (Fsp3) is 0.154. The lowest BCUT2D eigenvalue weighted by molar-refractivity contribution is 1.09. The summed E-state index contributed by atoms with van der Waals surface area (Å²) in [6.45, 7) is 4.25. The predicted octanol–water partition coefficient (Wildman–Crippen LogP) is 7.11. The smallest absolute Gasteiger partial charge is 0.0423 e. The first kappa shape index (κ1) is 18.7. The minimum Gasteiger partial charge on any atom is -0.398 e. The van der Waals surface area contributed by atoms with Gasteiger partial charge in [-0.05, 0) is 39.5 Å². The minimum atomic E-state index is 0.861. The molecule has 0 spiro atoms. The lowest BCUT2D eigenvalue weighted by Gasteiger charge is -2.11. The van der Waals surface area contributed by atoms with Crippen LogP contribution >= 0.6 is 0 Å². The Kier molecular flexibility index (Phi) is 6.27. The highest BCUT2D eigenvalue weighted by Crippen LogP contribution is 2.29. The molecule has 0 fully saturated rings. The Hall–Kier alpha value is -3.06.